The maximum Gasteiger partial charge on any atom is 0.259 e. The van der Waals surface area contributed by atoms with E-state index < -0.39 is 0 Å². The van der Waals surface area contributed by atoms with Crippen molar-refractivity contribution in [2.24, 2.45) is 0 Å². The third-order valence-corrected chi connectivity index (χ3v) is 4.33. The highest BCUT2D eigenvalue weighted by molar-refractivity contribution is 5.54. The normalized spacial score (nSPS) is 14.1. The van der Waals surface area contributed by atoms with E-state index in [1.165, 1.54) is 11.1 Å². The molecule has 4 heteroatoms. The van der Waals surface area contributed by atoms with Crippen LogP contribution in [0.2, 0.25) is 0 Å². The van der Waals surface area contributed by atoms with Gasteiger partial charge in [-0.15, -0.1) is 0 Å². The standard InChI is InChI=1S/C18H17N3O/c1-13-5-4-9-21-17(22)11-16(19-18(13)21)20-10-8-14-6-2-3-7-15(14)12-20/h2-7,9,11H,8,10,12H2,1H3. The van der Waals surface area contributed by atoms with E-state index in [9.17, 15) is 4.79 Å². The molecule has 0 aliphatic carbocycles. The highest BCUT2D eigenvalue weighted by Gasteiger charge is 2.18. The highest BCUT2D eigenvalue weighted by Crippen LogP contribution is 2.22. The van der Waals surface area contributed by atoms with E-state index in [-0.39, 0.29) is 5.56 Å². The van der Waals surface area contributed by atoms with Crippen LogP contribution in [-0.2, 0) is 13.0 Å². The average molecular weight is 291 g/mol. The summed E-state index contributed by atoms with van der Waals surface area (Å²) in [6.45, 7) is 3.69. The summed E-state index contributed by atoms with van der Waals surface area (Å²) in [5.74, 6) is 0.772. The summed E-state index contributed by atoms with van der Waals surface area (Å²) in [5.41, 5.74) is 4.44. The largest absolute Gasteiger partial charge is 0.352 e. The molecule has 0 N–H and O–H groups in total. The number of fused-ring (bicyclic) bond motifs is 2. The smallest absolute Gasteiger partial charge is 0.259 e. The van der Waals surface area contributed by atoms with E-state index in [0.29, 0.717) is 0 Å². The first kappa shape index (κ1) is 13.1. The molecule has 3 aromatic rings. The van der Waals surface area contributed by atoms with E-state index in [4.69, 9.17) is 4.98 Å². The summed E-state index contributed by atoms with van der Waals surface area (Å²) in [5, 5.41) is 0. The Morgan fingerprint density at radius 3 is 2.77 bits per heavy atom. The van der Waals surface area contributed by atoms with Gasteiger partial charge < -0.3 is 4.90 Å². The van der Waals surface area contributed by atoms with Gasteiger partial charge in [0.05, 0.1) is 0 Å². The summed E-state index contributed by atoms with van der Waals surface area (Å²) in [7, 11) is 0. The molecule has 2 aromatic heterocycles. The molecule has 0 amide bonds. The molecule has 0 spiro atoms. The Labute approximate surface area is 128 Å². The molecular weight excluding hydrogens is 274 g/mol. The van der Waals surface area contributed by atoms with Crippen molar-refractivity contribution in [2.75, 3.05) is 11.4 Å². The van der Waals surface area contributed by atoms with Crippen LogP contribution in [0, 0.1) is 6.92 Å². The molecule has 1 aliphatic heterocycles. The molecule has 0 unspecified atom stereocenters. The fourth-order valence-corrected chi connectivity index (χ4v) is 3.10. The molecule has 1 aliphatic rings. The SMILES string of the molecule is Cc1cccn2c(=O)cc(N3CCc4ccccc4C3)nc12. The molecule has 1 aromatic carbocycles. The predicted molar refractivity (Wildman–Crippen MR) is 87.4 cm³/mol. The van der Waals surface area contributed by atoms with Crippen LogP contribution in [0.3, 0.4) is 0 Å². The van der Waals surface area contributed by atoms with Gasteiger partial charge in [0, 0.05) is 25.4 Å². The summed E-state index contributed by atoms with van der Waals surface area (Å²) < 4.78 is 1.61. The van der Waals surface area contributed by atoms with E-state index in [1.54, 1.807) is 16.7 Å². The van der Waals surface area contributed by atoms with Crippen molar-refractivity contribution >= 4 is 11.5 Å². The quantitative estimate of drug-likeness (QED) is 0.691. The average Bonchev–Trinajstić information content (AvgIpc) is 2.55. The molecule has 0 bridgehead atoms. The fraction of sp³-hybridized carbons (Fsp3) is 0.222. The first-order valence-corrected chi connectivity index (χ1v) is 7.53. The number of anilines is 1. The zero-order valence-electron chi connectivity index (χ0n) is 12.5. The predicted octanol–water partition coefficient (Wildman–Crippen LogP) is 2.57. The van der Waals surface area contributed by atoms with Crippen LogP contribution in [0.15, 0.2) is 53.5 Å². The van der Waals surface area contributed by atoms with Crippen LogP contribution in [0.4, 0.5) is 5.82 Å². The number of nitrogens with zero attached hydrogens (tertiary/aromatic N) is 3. The minimum absolute atomic E-state index is 0.0254. The maximum absolute atomic E-state index is 12.3. The third kappa shape index (κ3) is 2.08. The first-order valence-electron chi connectivity index (χ1n) is 7.53. The topological polar surface area (TPSA) is 37.6 Å². The Hall–Kier alpha value is -2.62. The lowest BCUT2D eigenvalue weighted by molar-refractivity contribution is 0.719. The molecule has 22 heavy (non-hydrogen) atoms. The summed E-state index contributed by atoms with van der Waals surface area (Å²) in [4.78, 5) is 19.2. The Morgan fingerprint density at radius 1 is 1.09 bits per heavy atom. The van der Waals surface area contributed by atoms with Crippen molar-refractivity contribution in [3.8, 4) is 0 Å². The summed E-state index contributed by atoms with van der Waals surface area (Å²) >= 11 is 0. The van der Waals surface area contributed by atoms with Crippen molar-refractivity contribution in [3.05, 3.63) is 75.7 Å². The lowest BCUT2D eigenvalue weighted by Crippen LogP contribution is -2.32. The van der Waals surface area contributed by atoms with Gasteiger partial charge in [-0.1, -0.05) is 30.3 Å². The molecular formula is C18H17N3O. The Bertz CT molecular complexity index is 914. The number of hydrogen-bond donors (Lipinski definition) is 0. The molecule has 0 saturated heterocycles. The monoisotopic (exact) mass is 291 g/mol. The third-order valence-electron chi connectivity index (χ3n) is 4.33. The van der Waals surface area contributed by atoms with Gasteiger partial charge in [0.25, 0.3) is 5.56 Å². The summed E-state index contributed by atoms with van der Waals surface area (Å²) in [6.07, 6.45) is 2.76. The Kier molecular flexibility index (Phi) is 2.96. The van der Waals surface area contributed by atoms with Crippen LogP contribution >= 0.6 is 0 Å². The van der Waals surface area contributed by atoms with Crippen molar-refractivity contribution in [1.82, 2.24) is 9.38 Å². The molecule has 4 rings (SSSR count). The van der Waals surface area contributed by atoms with Gasteiger partial charge in [-0.3, -0.25) is 9.20 Å². The van der Waals surface area contributed by atoms with Crippen LogP contribution in [-0.4, -0.2) is 15.9 Å². The van der Waals surface area contributed by atoms with Crippen LogP contribution in [0.1, 0.15) is 16.7 Å². The van der Waals surface area contributed by atoms with Crippen molar-refractivity contribution < 1.29 is 0 Å². The molecule has 110 valence electrons. The van der Waals surface area contributed by atoms with Gasteiger partial charge >= 0.3 is 0 Å². The van der Waals surface area contributed by atoms with Gasteiger partial charge in [-0.2, -0.15) is 0 Å². The number of hydrogen-bond acceptors (Lipinski definition) is 3. The van der Waals surface area contributed by atoms with Crippen LogP contribution in [0.25, 0.3) is 5.65 Å². The van der Waals surface area contributed by atoms with Gasteiger partial charge in [0.15, 0.2) is 0 Å². The number of benzene rings is 1. The van der Waals surface area contributed by atoms with E-state index in [2.05, 4.69) is 29.2 Å². The number of pyridine rings is 1. The lowest BCUT2D eigenvalue weighted by atomic mass is 10.00. The second-order valence-electron chi connectivity index (χ2n) is 5.78. The maximum atomic E-state index is 12.3. The van der Waals surface area contributed by atoms with Gasteiger partial charge in [-0.05, 0) is 36.1 Å². The molecule has 0 saturated carbocycles. The Balaban J connectivity index is 1.80. The van der Waals surface area contributed by atoms with Gasteiger partial charge in [0.1, 0.15) is 11.5 Å². The minimum Gasteiger partial charge on any atom is -0.352 e. The number of aromatic nitrogens is 2. The van der Waals surface area contributed by atoms with E-state index >= 15 is 0 Å². The highest BCUT2D eigenvalue weighted by atomic mass is 16.1. The van der Waals surface area contributed by atoms with Crippen molar-refractivity contribution in [2.45, 2.75) is 19.9 Å². The van der Waals surface area contributed by atoms with Crippen LogP contribution < -0.4 is 10.5 Å². The molecule has 3 heterocycles. The fourth-order valence-electron chi connectivity index (χ4n) is 3.10. The Morgan fingerprint density at radius 2 is 1.91 bits per heavy atom. The second-order valence-corrected chi connectivity index (χ2v) is 5.78. The molecule has 0 atom stereocenters. The first-order chi connectivity index (χ1) is 10.7. The zero-order chi connectivity index (χ0) is 15.1. The van der Waals surface area contributed by atoms with Gasteiger partial charge in [-0.25, -0.2) is 4.98 Å². The molecule has 0 radical (unpaired) electrons. The second kappa shape index (κ2) is 4.98. The molecule has 0 fully saturated rings. The van der Waals surface area contributed by atoms with Crippen molar-refractivity contribution in [1.29, 1.82) is 0 Å². The van der Waals surface area contributed by atoms with Crippen molar-refractivity contribution in [3.63, 3.8) is 0 Å². The van der Waals surface area contributed by atoms with Gasteiger partial charge in [0.2, 0.25) is 0 Å². The minimum atomic E-state index is -0.0254. The van der Waals surface area contributed by atoms with E-state index in [0.717, 1.165) is 36.5 Å². The van der Waals surface area contributed by atoms with Crippen LogP contribution in [0.5, 0.6) is 0 Å². The lowest BCUT2D eigenvalue weighted by Gasteiger charge is -2.29. The molecule has 4 nitrogen and oxygen atoms in total. The number of rotatable bonds is 1. The summed E-state index contributed by atoms with van der Waals surface area (Å²) in [6, 6.07) is 14.0. The number of aryl methyl sites for hydroxylation is 1. The zero-order valence-corrected chi connectivity index (χ0v) is 12.5. The van der Waals surface area contributed by atoms with E-state index in [1.807, 2.05) is 19.1 Å².